The predicted octanol–water partition coefficient (Wildman–Crippen LogP) is 3.24. The first-order chi connectivity index (χ1) is 13.5. The first-order valence-corrected chi connectivity index (χ1v) is 8.33. The second-order valence-corrected chi connectivity index (χ2v) is 5.94. The average Bonchev–Trinajstić information content (AvgIpc) is 2.70. The van der Waals surface area contributed by atoms with Gasteiger partial charge in [0.25, 0.3) is 5.91 Å². The van der Waals surface area contributed by atoms with Crippen LogP contribution in [-0.4, -0.2) is 25.8 Å². The summed E-state index contributed by atoms with van der Waals surface area (Å²) in [5.74, 6) is -0.730. The number of carbonyl (C=O) groups is 1. The summed E-state index contributed by atoms with van der Waals surface area (Å²) in [4.78, 5) is 34.7. The van der Waals surface area contributed by atoms with E-state index in [-0.39, 0.29) is 11.6 Å². The molecule has 11 heteroatoms. The molecule has 0 saturated carbocycles. The molecule has 142 valence electrons. The fraction of sp³-hybridized carbons (Fsp3) is 0.0588. The fourth-order valence-corrected chi connectivity index (χ4v) is 2.47. The van der Waals surface area contributed by atoms with E-state index in [0.29, 0.717) is 21.8 Å². The zero-order chi connectivity index (χ0) is 20.1. The van der Waals surface area contributed by atoms with Crippen LogP contribution in [0.5, 0.6) is 0 Å². The smallest absolute Gasteiger partial charge is 0.334 e. The summed E-state index contributed by atoms with van der Waals surface area (Å²) >= 11 is 6.09. The van der Waals surface area contributed by atoms with E-state index >= 15 is 0 Å². The summed E-state index contributed by atoms with van der Waals surface area (Å²) in [6.45, 7) is 1.77. The van der Waals surface area contributed by atoms with Crippen LogP contribution < -0.4 is 16.2 Å². The lowest BCUT2D eigenvalue weighted by molar-refractivity contribution is -0.383. The second-order valence-electron chi connectivity index (χ2n) is 5.53. The van der Waals surface area contributed by atoms with E-state index in [4.69, 9.17) is 11.6 Å². The van der Waals surface area contributed by atoms with Crippen LogP contribution in [0.15, 0.2) is 49.1 Å². The lowest BCUT2D eigenvalue weighted by Gasteiger charge is -2.12. The minimum Gasteiger partial charge on any atom is -0.334 e. The van der Waals surface area contributed by atoms with E-state index in [1.807, 2.05) is 0 Å². The number of nitrogens with zero attached hydrogens (tertiary/aromatic N) is 4. The van der Waals surface area contributed by atoms with Crippen molar-refractivity contribution in [3.63, 3.8) is 0 Å². The first kappa shape index (κ1) is 19.0. The Kier molecular flexibility index (Phi) is 5.61. The summed E-state index contributed by atoms with van der Waals surface area (Å²) in [6.07, 6.45) is 4.05. The van der Waals surface area contributed by atoms with Crippen LogP contribution in [0.2, 0.25) is 5.02 Å². The predicted molar refractivity (Wildman–Crippen MR) is 103 cm³/mol. The molecule has 10 nitrogen and oxygen atoms in total. The molecule has 2 aromatic heterocycles. The minimum atomic E-state index is -0.650. The molecule has 3 rings (SSSR count). The Morgan fingerprint density at radius 1 is 1.14 bits per heavy atom. The first-order valence-electron chi connectivity index (χ1n) is 7.95. The quantitative estimate of drug-likeness (QED) is 0.424. The number of benzene rings is 1. The third kappa shape index (κ3) is 4.13. The summed E-state index contributed by atoms with van der Waals surface area (Å²) in [5, 5.41) is 15.0. The molecule has 0 aliphatic heterocycles. The molecule has 1 amide bonds. The topological polar surface area (TPSA) is 135 Å². The molecule has 0 atom stereocenters. The van der Waals surface area contributed by atoms with Gasteiger partial charge in [0.15, 0.2) is 0 Å². The highest BCUT2D eigenvalue weighted by atomic mass is 35.5. The van der Waals surface area contributed by atoms with Gasteiger partial charge in [-0.1, -0.05) is 17.7 Å². The minimum absolute atomic E-state index is 0.0500. The Hall–Kier alpha value is -3.79. The van der Waals surface area contributed by atoms with E-state index in [1.165, 1.54) is 24.5 Å². The van der Waals surface area contributed by atoms with Crippen molar-refractivity contribution < 1.29 is 9.72 Å². The van der Waals surface area contributed by atoms with Gasteiger partial charge in [0.1, 0.15) is 6.33 Å². The number of anilines is 3. The maximum Gasteiger partial charge on any atom is 0.355 e. The molecule has 0 aliphatic carbocycles. The maximum atomic E-state index is 12.1. The molecule has 3 N–H and O–H groups in total. The number of hydrazine groups is 1. The summed E-state index contributed by atoms with van der Waals surface area (Å²) in [6, 6.07) is 8.13. The van der Waals surface area contributed by atoms with Crippen molar-refractivity contribution in [1.29, 1.82) is 0 Å². The van der Waals surface area contributed by atoms with E-state index in [9.17, 15) is 14.9 Å². The number of hydrogen-bond donors (Lipinski definition) is 3. The zero-order valence-electron chi connectivity index (χ0n) is 14.5. The van der Waals surface area contributed by atoms with Gasteiger partial charge in [-0.15, -0.1) is 0 Å². The summed E-state index contributed by atoms with van der Waals surface area (Å²) in [7, 11) is 0. The van der Waals surface area contributed by atoms with Crippen LogP contribution in [0.4, 0.5) is 23.0 Å². The lowest BCUT2D eigenvalue weighted by atomic mass is 10.2. The zero-order valence-corrected chi connectivity index (χ0v) is 15.3. The lowest BCUT2D eigenvalue weighted by Crippen LogP contribution is -2.30. The largest absolute Gasteiger partial charge is 0.355 e. The number of rotatable bonds is 6. The van der Waals surface area contributed by atoms with Crippen molar-refractivity contribution in [3.05, 3.63) is 75.3 Å². The molecule has 1 aromatic carbocycles. The Morgan fingerprint density at radius 2 is 1.86 bits per heavy atom. The van der Waals surface area contributed by atoms with Crippen molar-refractivity contribution in [2.75, 3.05) is 10.7 Å². The molecule has 0 aliphatic rings. The number of pyridine rings is 1. The molecule has 0 fully saturated rings. The Morgan fingerprint density at radius 3 is 2.57 bits per heavy atom. The summed E-state index contributed by atoms with van der Waals surface area (Å²) < 4.78 is 0. The van der Waals surface area contributed by atoms with Crippen molar-refractivity contribution in [3.8, 4) is 0 Å². The molecular formula is C17H14ClN7O3. The van der Waals surface area contributed by atoms with Crippen LogP contribution >= 0.6 is 11.6 Å². The van der Waals surface area contributed by atoms with E-state index < -0.39 is 16.5 Å². The van der Waals surface area contributed by atoms with Crippen molar-refractivity contribution >= 4 is 40.5 Å². The molecule has 0 spiro atoms. The van der Waals surface area contributed by atoms with E-state index in [2.05, 4.69) is 31.1 Å². The second kappa shape index (κ2) is 8.27. The van der Waals surface area contributed by atoms with E-state index in [1.54, 1.807) is 25.1 Å². The highest BCUT2D eigenvalue weighted by Crippen LogP contribution is 2.33. The Bertz CT molecular complexity index is 1030. The molecule has 0 radical (unpaired) electrons. The summed E-state index contributed by atoms with van der Waals surface area (Å²) in [5.41, 5.74) is 5.98. The molecule has 0 unspecified atom stereocenters. The van der Waals surface area contributed by atoms with Gasteiger partial charge < -0.3 is 5.32 Å². The Balaban J connectivity index is 1.86. The van der Waals surface area contributed by atoms with Gasteiger partial charge in [-0.3, -0.25) is 30.7 Å². The number of carbonyl (C=O) groups excluding carboxylic acids is 1. The van der Waals surface area contributed by atoms with Crippen molar-refractivity contribution in [2.24, 2.45) is 0 Å². The number of halogens is 1. The highest BCUT2D eigenvalue weighted by Gasteiger charge is 2.24. The molecule has 0 saturated heterocycles. The maximum absolute atomic E-state index is 12.1. The number of nitrogens with one attached hydrogen (secondary N) is 3. The number of hydrogen-bond acceptors (Lipinski definition) is 8. The van der Waals surface area contributed by atoms with Crippen LogP contribution in [-0.2, 0) is 0 Å². The van der Waals surface area contributed by atoms with Crippen LogP contribution in [0.25, 0.3) is 0 Å². The highest BCUT2D eigenvalue weighted by molar-refractivity contribution is 6.31. The van der Waals surface area contributed by atoms with Gasteiger partial charge in [0, 0.05) is 28.7 Å². The number of amides is 1. The SMILES string of the molecule is Cc1c(Cl)cccc1Nc1ncnc(NNC(=O)c2ccncc2)c1[N+](=O)[O-]. The normalized spacial score (nSPS) is 10.2. The van der Waals surface area contributed by atoms with Gasteiger partial charge in [-0.05, 0) is 36.8 Å². The van der Waals surface area contributed by atoms with Gasteiger partial charge >= 0.3 is 5.69 Å². The monoisotopic (exact) mass is 399 g/mol. The van der Waals surface area contributed by atoms with Crippen molar-refractivity contribution in [2.45, 2.75) is 6.92 Å². The molecule has 3 aromatic rings. The standard InChI is InChI=1S/C17H14ClN7O3/c1-10-12(18)3-2-4-13(10)22-15-14(25(27)28)16(21-9-20-15)23-24-17(26)11-5-7-19-8-6-11/h2-9H,1H3,(H,24,26)(H2,20,21,22,23). The van der Waals surface area contributed by atoms with Gasteiger partial charge in [-0.25, -0.2) is 9.97 Å². The molecular weight excluding hydrogens is 386 g/mol. The van der Waals surface area contributed by atoms with Gasteiger partial charge in [-0.2, -0.15) is 0 Å². The molecule has 28 heavy (non-hydrogen) atoms. The van der Waals surface area contributed by atoms with Crippen molar-refractivity contribution in [1.82, 2.24) is 20.4 Å². The average molecular weight is 400 g/mol. The van der Waals surface area contributed by atoms with E-state index in [0.717, 1.165) is 6.33 Å². The fourth-order valence-electron chi connectivity index (χ4n) is 2.30. The molecule has 2 heterocycles. The van der Waals surface area contributed by atoms with Gasteiger partial charge in [0.05, 0.1) is 4.92 Å². The number of aromatic nitrogens is 3. The van der Waals surface area contributed by atoms with Crippen LogP contribution in [0, 0.1) is 17.0 Å². The third-order valence-electron chi connectivity index (χ3n) is 3.76. The molecule has 0 bridgehead atoms. The number of nitro groups is 1. The third-order valence-corrected chi connectivity index (χ3v) is 4.17. The van der Waals surface area contributed by atoms with Crippen LogP contribution in [0.3, 0.4) is 0 Å². The Labute approximate surface area is 164 Å². The van der Waals surface area contributed by atoms with Crippen LogP contribution in [0.1, 0.15) is 15.9 Å². The van der Waals surface area contributed by atoms with Gasteiger partial charge in [0.2, 0.25) is 11.6 Å².